The molecule has 0 amide bonds. The van der Waals surface area contributed by atoms with Gasteiger partial charge in [-0.2, -0.15) is 0 Å². The molecule has 312 valence electrons. The Bertz CT molecular complexity index is 2010. The van der Waals surface area contributed by atoms with Gasteiger partial charge in [-0.05, 0) is 35.8 Å². The number of rotatable bonds is 22. The Morgan fingerprint density at radius 2 is 1.32 bits per heavy atom. The van der Waals surface area contributed by atoms with Crippen molar-refractivity contribution in [1.82, 2.24) is 14.5 Å². The number of nitrogens with two attached hydrogens (primary N) is 6. The number of nitrogens with one attached hydrogen (secondary N) is 1. The summed E-state index contributed by atoms with van der Waals surface area (Å²) < 4.78 is 0.902. The summed E-state index contributed by atoms with van der Waals surface area (Å²) in [5.41, 5.74) is 36.0. The topological polar surface area (TPSA) is 350 Å². The van der Waals surface area contributed by atoms with Crippen molar-refractivity contribution in [2.45, 2.75) is 116 Å². The lowest BCUT2D eigenvalue weighted by Gasteiger charge is -2.23. The van der Waals surface area contributed by atoms with Crippen molar-refractivity contribution in [3.05, 3.63) is 52.2 Å². The van der Waals surface area contributed by atoms with Crippen LogP contribution >= 0.6 is 0 Å². The van der Waals surface area contributed by atoms with Gasteiger partial charge in [0, 0.05) is 46.8 Å². The first kappa shape index (κ1) is 46.4. The number of carbonyl (C=O) groups excluding carboxylic acids is 5. The second-order valence-electron chi connectivity index (χ2n) is 15.3. The molecule has 15 N–H and O–H groups in total. The molecule has 0 saturated carbocycles. The summed E-state index contributed by atoms with van der Waals surface area (Å²) in [4.78, 5) is 105. The van der Waals surface area contributed by atoms with Gasteiger partial charge in [-0.1, -0.05) is 54.4 Å². The molecule has 0 spiro atoms. The lowest BCUT2D eigenvalue weighted by Crippen LogP contribution is -2.44. The molecule has 3 aromatic rings. The van der Waals surface area contributed by atoms with E-state index in [2.05, 4.69) is 9.97 Å². The number of aliphatic carboxylic acids is 2. The van der Waals surface area contributed by atoms with Crippen molar-refractivity contribution in [3.63, 3.8) is 0 Å². The number of fused-ring (bicyclic) bond motifs is 1. The van der Waals surface area contributed by atoms with Gasteiger partial charge < -0.3 is 49.6 Å². The lowest BCUT2D eigenvalue weighted by atomic mass is 9.81. The molecule has 2 heterocycles. The zero-order valence-electron chi connectivity index (χ0n) is 33.3. The van der Waals surface area contributed by atoms with Gasteiger partial charge >= 0.3 is 11.9 Å². The Kier molecular flexibility index (Phi) is 15.8. The molecule has 0 saturated heterocycles. The normalized spacial score (nSPS) is 16.0. The summed E-state index contributed by atoms with van der Waals surface area (Å²) in [5.74, 6) is -8.89. The zero-order valence-corrected chi connectivity index (χ0v) is 33.3. The first-order valence-electron chi connectivity index (χ1n) is 19.0. The Balaban J connectivity index is 2.82. The zero-order chi connectivity index (χ0) is 43.2. The van der Waals surface area contributed by atoms with Crippen molar-refractivity contribution in [3.8, 4) is 0 Å². The van der Waals surface area contributed by atoms with E-state index in [1.165, 1.54) is 12.5 Å². The summed E-state index contributed by atoms with van der Waals surface area (Å²) in [6.07, 6.45) is 1.89. The minimum Gasteiger partial charge on any atom is -0.481 e. The highest BCUT2D eigenvalue weighted by atomic mass is 16.4. The number of carboxylic acid groups (broad SMARTS) is 2. The fourth-order valence-electron chi connectivity index (χ4n) is 6.72. The predicted molar refractivity (Wildman–Crippen MR) is 212 cm³/mol. The van der Waals surface area contributed by atoms with Gasteiger partial charge in [0.05, 0.1) is 54.2 Å². The van der Waals surface area contributed by atoms with Crippen LogP contribution in [0, 0.1) is 17.8 Å². The maximum atomic E-state index is 14.8. The van der Waals surface area contributed by atoms with Crippen LogP contribution in [0.1, 0.15) is 125 Å². The number of Topliss-reactive ketones (excluding diaryl/α,β-unsaturated/α-hetero) is 4. The highest BCUT2D eigenvalue weighted by Crippen LogP contribution is 2.38. The molecule has 8 unspecified atom stereocenters. The third kappa shape index (κ3) is 10.1. The Hall–Kier alpha value is -4.98. The first-order valence-corrected chi connectivity index (χ1v) is 19.0. The predicted octanol–water partition coefficient (Wildman–Crippen LogP) is 1.18. The molecule has 0 fully saturated rings. The van der Waals surface area contributed by atoms with E-state index in [0.717, 1.165) is 10.6 Å². The molecular formula is C39H57N9O9. The fraction of sp³-hybridized carbons (Fsp3) is 0.538. The smallest absolute Gasteiger partial charge is 0.320 e. The number of benzene rings is 1. The largest absolute Gasteiger partial charge is 0.481 e. The van der Waals surface area contributed by atoms with Crippen LogP contribution in [0.2, 0.25) is 0 Å². The summed E-state index contributed by atoms with van der Waals surface area (Å²) in [6.45, 7) is 10.5. The molecule has 8 atom stereocenters. The SMILES string of the molecule is CCC(C)C(N)C(=O)c1c(CC(N)C(=O)O)c2c(C(=O)C(N)CC(=O)O)c(C(=O)C(N)CC(C)C)c(C(=O)C(N)Cc3cnc[nH]3)cc2n1C(=O)C(N)C(C)CC. The van der Waals surface area contributed by atoms with Gasteiger partial charge in [0.25, 0.3) is 0 Å². The molecule has 18 nitrogen and oxygen atoms in total. The number of nitrogens with zero attached hydrogens (tertiary/aromatic N) is 2. The highest BCUT2D eigenvalue weighted by Gasteiger charge is 2.41. The van der Waals surface area contributed by atoms with E-state index < -0.39 is 124 Å². The molecule has 0 aliphatic heterocycles. The van der Waals surface area contributed by atoms with E-state index in [9.17, 15) is 43.8 Å². The molecule has 0 radical (unpaired) electrons. The fourth-order valence-corrected chi connectivity index (χ4v) is 6.72. The van der Waals surface area contributed by atoms with Crippen LogP contribution < -0.4 is 34.4 Å². The molecule has 57 heavy (non-hydrogen) atoms. The monoisotopic (exact) mass is 795 g/mol. The number of carboxylic acids is 2. The van der Waals surface area contributed by atoms with Crippen LogP contribution in [-0.4, -0.2) is 102 Å². The van der Waals surface area contributed by atoms with Gasteiger partial charge in [0.1, 0.15) is 6.04 Å². The van der Waals surface area contributed by atoms with Gasteiger partial charge in [0.15, 0.2) is 23.1 Å². The van der Waals surface area contributed by atoms with Crippen molar-refractivity contribution < 1.29 is 43.8 Å². The number of hydrogen-bond acceptors (Lipinski definition) is 14. The number of carbonyl (C=O) groups is 7. The van der Waals surface area contributed by atoms with E-state index in [4.69, 9.17) is 34.4 Å². The Morgan fingerprint density at radius 3 is 1.82 bits per heavy atom. The molecular weight excluding hydrogens is 738 g/mol. The minimum absolute atomic E-state index is 0.0625. The summed E-state index contributed by atoms with van der Waals surface area (Å²) in [7, 11) is 0. The highest BCUT2D eigenvalue weighted by molar-refractivity contribution is 6.26. The van der Waals surface area contributed by atoms with Crippen molar-refractivity contribution in [2.75, 3.05) is 0 Å². The van der Waals surface area contributed by atoms with Crippen LogP contribution in [0.4, 0.5) is 0 Å². The molecule has 3 rings (SSSR count). The molecule has 1 aromatic carbocycles. The standard InChI is InChI=1S/C39H57N9O9/c1-7-17(5)31(44)37(54)33-20(11-25(43)39(56)57)28-26(48(33)38(55)32(45)18(6)8-2)12-21(34(51)23(41)10-19-14-46-15-47-19)29(35(52)22(40)9-16(3)4)30(28)36(53)24(42)13-27(49)50/h12,14-18,22-25,31-32H,7-11,13,40-45H2,1-6H3,(H,46,47)(H,49,50)(H,56,57). The minimum atomic E-state index is -1.86. The molecule has 2 aromatic heterocycles. The number of hydrogen-bond donors (Lipinski definition) is 9. The van der Waals surface area contributed by atoms with Crippen LogP contribution in [0.25, 0.3) is 10.9 Å². The molecule has 0 bridgehead atoms. The summed E-state index contributed by atoms with van der Waals surface area (Å²) in [6, 6.07) is -7.80. The number of aromatic amines is 1. The van der Waals surface area contributed by atoms with E-state index >= 15 is 0 Å². The van der Waals surface area contributed by atoms with Crippen LogP contribution in [0.15, 0.2) is 18.6 Å². The second-order valence-corrected chi connectivity index (χ2v) is 15.3. The Labute approximate surface area is 330 Å². The van der Waals surface area contributed by atoms with Crippen molar-refractivity contribution >= 4 is 51.9 Å². The van der Waals surface area contributed by atoms with Gasteiger partial charge in [0.2, 0.25) is 5.91 Å². The number of ketones is 4. The quantitative estimate of drug-likeness (QED) is 0.0645. The van der Waals surface area contributed by atoms with Crippen molar-refractivity contribution in [2.24, 2.45) is 52.2 Å². The summed E-state index contributed by atoms with van der Waals surface area (Å²) in [5, 5.41) is 19.4. The van der Waals surface area contributed by atoms with Gasteiger partial charge in [-0.15, -0.1) is 0 Å². The van der Waals surface area contributed by atoms with E-state index in [1.807, 2.05) is 0 Å². The van der Waals surface area contributed by atoms with Crippen LogP contribution in [0.5, 0.6) is 0 Å². The van der Waals surface area contributed by atoms with Gasteiger partial charge in [-0.25, -0.2) is 4.98 Å². The van der Waals surface area contributed by atoms with E-state index in [1.54, 1.807) is 41.5 Å². The van der Waals surface area contributed by atoms with Crippen molar-refractivity contribution in [1.29, 1.82) is 0 Å². The van der Waals surface area contributed by atoms with E-state index in [-0.39, 0.29) is 35.2 Å². The van der Waals surface area contributed by atoms with E-state index in [0.29, 0.717) is 18.5 Å². The van der Waals surface area contributed by atoms with Gasteiger partial charge in [-0.3, -0.25) is 38.1 Å². The number of aromatic nitrogens is 3. The third-order valence-electron chi connectivity index (χ3n) is 10.5. The maximum absolute atomic E-state index is 14.8. The number of imidazole rings is 1. The maximum Gasteiger partial charge on any atom is 0.320 e. The Morgan fingerprint density at radius 1 is 0.737 bits per heavy atom. The van der Waals surface area contributed by atoms with Crippen LogP contribution in [-0.2, 0) is 22.4 Å². The molecule has 0 aliphatic carbocycles. The summed E-state index contributed by atoms with van der Waals surface area (Å²) >= 11 is 0. The molecule has 0 aliphatic rings. The second kappa shape index (κ2) is 19.4. The first-order chi connectivity index (χ1) is 26.6. The number of H-pyrrole nitrogens is 1. The lowest BCUT2D eigenvalue weighted by molar-refractivity contribution is -0.139. The third-order valence-corrected chi connectivity index (χ3v) is 10.5. The average molecular weight is 796 g/mol. The van der Waals surface area contributed by atoms with Crippen LogP contribution in [0.3, 0.4) is 0 Å². The average Bonchev–Trinajstić information content (AvgIpc) is 3.79. The molecule has 18 heteroatoms.